The molecule has 0 saturated carbocycles. The van der Waals surface area contributed by atoms with Crippen molar-refractivity contribution < 1.29 is 30.3 Å². The summed E-state index contributed by atoms with van der Waals surface area (Å²) < 4.78 is 0. The van der Waals surface area contributed by atoms with Crippen LogP contribution in [0, 0.1) is 0 Å². The maximum Gasteiger partial charge on any atom is 0.175 e. The van der Waals surface area contributed by atoms with Crippen LogP contribution in [0.2, 0.25) is 0 Å². The van der Waals surface area contributed by atoms with E-state index in [4.69, 9.17) is 5.11 Å². The number of rotatable bonds is 8. The Morgan fingerprint density at radius 1 is 1.24 bits per heavy atom. The van der Waals surface area contributed by atoms with Gasteiger partial charge in [0.2, 0.25) is 0 Å². The summed E-state index contributed by atoms with van der Waals surface area (Å²) in [5.74, 6) is -0.777. The number of ketones is 1. The van der Waals surface area contributed by atoms with Crippen LogP contribution >= 0.6 is 0 Å². The van der Waals surface area contributed by atoms with Gasteiger partial charge in [-0.2, -0.15) is 0 Å². The molecule has 1 aromatic carbocycles. The summed E-state index contributed by atoms with van der Waals surface area (Å²) in [6, 6.07) is 8.55. The normalized spacial score (nSPS) is 18.3. The second-order valence-electron chi connectivity index (χ2n) is 4.80. The van der Waals surface area contributed by atoms with E-state index in [9.17, 15) is 25.2 Å². The van der Waals surface area contributed by atoms with Gasteiger partial charge in [-0.15, -0.1) is 0 Å². The van der Waals surface area contributed by atoms with E-state index in [0.717, 1.165) is 6.08 Å². The van der Waals surface area contributed by atoms with Crippen LogP contribution in [0.25, 0.3) is 0 Å². The summed E-state index contributed by atoms with van der Waals surface area (Å²) in [6.07, 6.45) is -4.94. The number of aliphatic hydroxyl groups excluding tert-OH is 4. The smallest absolute Gasteiger partial charge is 0.175 e. The molecular formula is C15H20O6. The summed E-state index contributed by atoms with van der Waals surface area (Å²) in [6.45, 7) is 2.48. The zero-order valence-electron chi connectivity index (χ0n) is 11.5. The van der Waals surface area contributed by atoms with Crippen molar-refractivity contribution in [2.45, 2.75) is 30.3 Å². The first-order chi connectivity index (χ1) is 9.86. The molecule has 5 N–H and O–H groups in total. The Morgan fingerprint density at radius 2 is 1.81 bits per heavy atom. The van der Waals surface area contributed by atoms with E-state index >= 15 is 0 Å². The van der Waals surface area contributed by atoms with E-state index in [1.54, 1.807) is 30.3 Å². The Bertz CT molecular complexity index is 474. The van der Waals surface area contributed by atoms with Gasteiger partial charge in [-0.05, 0) is 5.56 Å². The van der Waals surface area contributed by atoms with Gasteiger partial charge in [0.15, 0.2) is 11.4 Å². The molecule has 0 aromatic heterocycles. The standard InChI is InChI=1S/C15H20O6/c1-2-15(21,14(20)13(19)11(17)9-16)12(18)8-10-6-4-3-5-7-10/h2-7,11,13-14,16-17,19-21H,1,8-9H2/t11-,13-,14+,15+/m1/s1. The van der Waals surface area contributed by atoms with E-state index in [-0.39, 0.29) is 6.42 Å². The van der Waals surface area contributed by atoms with E-state index < -0.39 is 36.3 Å². The largest absolute Gasteiger partial charge is 0.394 e. The molecule has 0 radical (unpaired) electrons. The zero-order chi connectivity index (χ0) is 16.0. The van der Waals surface area contributed by atoms with Crippen molar-refractivity contribution in [3.05, 3.63) is 48.6 Å². The number of benzene rings is 1. The number of carbonyl (C=O) groups excluding carboxylic acids is 1. The molecule has 6 nitrogen and oxygen atoms in total. The molecule has 1 rings (SSSR count). The molecule has 116 valence electrons. The van der Waals surface area contributed by atoms with Crippen LogP contribution in [0.5, 0.6) is 0 Å². The predicted molar refractivity (Wildman–Crippen MR) is 75.4 cm³/mol. The van der Waals surface area contributed by atoms with Crippen molar-refractivity contribution >= 4 is 5.78 Å². The molecule has 0 heterocycles. The summed E-state index contributed by atoms with van der Waals surface area (Å²) in [5, 5.41) is 47.9. The highest BCUT2D eigenvalue weighted by Crippen LogP contribution is 2.21. The number of aliphatic hydroxyl groups is 5. The number of Topliss-reactive ketones (excluding diaryl/α,β-unsaturated/α-hetero) is 1. The van der Waals surface area contributed by atoms with Gasteiger partial charge in [-0.25, -0.2) is 0 Å². The molecule has 4 atom stereocenters. The minimum atomic E-state index is -2.43. The number of hydrogen-bond donors (Lipinski definition) is 5. The molecule has 0 amide bonds. The summed E-state index contributed by atoms with van der Waals surface area (Å²) in [5.41, 5.74) is -1.81. The lowest BCUT2D eigenvalue weighted by Crippen LogP contribution is -2.57. The summed E-state index contributed by atoms with van der Waals surface area (Å²) in [7, 11) is 0. The van der Waals surface area contributed by atoms with Gasteiger partial charge in [-0.1, -0.05) is 43.0 Å². The van der Waals surface area contributed by atoms with Crippen molar-refractivity contribution in [3.63, 3.8) is 0 Å². The third-order valence-corrected chi connectivity index (χ3v) is 3.32. The average molecular weight is 296 g/mol. The molecule has 0 fully saturated rings. The third-order valence-electron chi connectivity index (χ3n) is 3.32. The summed E-state index contributed by atoms with van der Waals surface area (Å²) in [4.78, 5) is 12.2. The van der Waals surface area contributed by atoms with E-state index in [1.807, 2.05) is 0 Å². The molecular weight excluding hydrogens is 276 g/mol. The van der Waals surface area contributed by atoms with Gasteiger partial charge in [0, 0.05) is 6.42 Å². The van der Waals surface area contributed by atoms with Gasteiger partial charge in [-0.3, -0.25) is 4.79 Å². The first kappa shape index (κ1) is 17.5. The molecule has 0 bridgehead atoms. The molecule has 0 unspecified atom stereocenters. The van der Waals surface area contributed by atoms with Crippen LogP contribution in [0.1, 0.15) is 5.56 Å². The highest BCUT2D eigenvalue weighted by Gasteiger charge is 2.45. The minimum Gasteiger partial charge on any atom is -0.394 e. The third kappa shape index (κ3) is 3.96. The SMILES string of the molecule is C=C[C@](O)(C(=O)Cc1ccccc1)[C@@H](O)[C@H](O)[C@H](O)CO. The fourth-order valence-electron chi connectivity index (χ4n) is 1.90. The van der Waals surface area contributed by atoms with Gasteiger partial charge < -0.3 is 25.5 Å². The van der Waals surface area contributed by atoms with Crippen LogP contribution in [-0.4, -0.2) is 61.8 Å². The van der Waals surface area contributed by atoms with E-state index in [0.29, 0.717) is 5.56 Å². The molecule has 21 heavy (non-hydrogen) atoms. The lowest BCUT2D eigenvalue weighted by molar-refractivity contribution is -0.162. The van der Waals surface area contributed by atoms with Crippen molar-refractivity contribution in [3.8, 4) is 0 Å². The van der Waals surface area contributed by atoms with Crippen LogP contribution in [0.4, 0.5) is 0 Å². The van der Waals surface area contributed by atoms with E-state index in [1.165, 1.54) is 0 Å². The maximum absolute atomic E-state index is 12.2. The molecule has 0 aliphatic heterocycles. The molecule has 1 aromatic rings. The minimum absolute atomic E-state index is 0.178. The Kier molecular flexibility index (Phi) is 6.19. The molecule has 0 saturated heterocycles. The quantitative estimate of drug-likeness (QED) is 0.384. The van der Waals surface area contributed by atoms with Crippen molar-refractivity contribution in [1.29, 1.82) is 0 Å². The van der Waals surface area contributed by atoms with E-state index in [2.05, 4.69) is 6.58 Å². The molecule has 0 aliphatic carbocycles. The number of carbonyl (C=O) groups is 1. The van der Waals surface area contributed by atoms with Crippen LogP contribution in [0.3, 0.4) is 0 Å². The predicted octanol–water partition coefficient (Wildman–Crippen LogP) is -1.21. The van der Waals surface area contributed by atoms with Gasteiger partial charge in [0.25, 0.3) is 0 Å². The highest BCUT2D eigenvalue weighted by molar-refractivity contribution is 5.91. The Labute approximate surface area is 122 Å². The maximum atomic E-state index is 12.2. The van der Waals surface area contributed by atoms with Crippen LogP contribution in [0.15, 0.2) is 43.0 Å². The second-order valence-corrected chi connectivity index (χ2v) is 4.80. The van der Waals surface area contributed by atoms with Gasteiger partial charge in [0.1, 0.15) is 18.3 Å². The Hall–Kier alpha value is -1.57. The lowest BCUT2D eigenvalue weighted by Gasteiger charge is -2.33. The van der Waals surface area contributed by atoms with Gasteiger partial charge >= 0.3 is 0 Å². The fraction of sp³-hybridized carbons (Fsp3) is 0.400. The summed E-state index contributed by atoms with van der Waals surface area (Å²) >= 11 is 0. The van der Waals surface area contributed by atoms with Crippen molar-refractivity contribution in [1.82, 2.24) is 0 Å². The average Bonchev–Trinajstić information content (AvgIpc) is 2.52. The molecule has 6 heteroatoms. The van der Waals surface area contributed by atoms with Crippen molar-refractivity contribution in [2.75, 3.05) is 6.61 Å². The van der Waals surface area contributed by atoms with Crippen LogP contribution < -0.4 is 0 Å². The second kappa shape index (κ2) is 7.44. The topological polar surface area (TPSA) is 118 Å². The van der Waals surface area contributed by atoms with Gasteiger partial charge in [0.05, 0.1) is 6.61 Å². The zero-order valence-corrected chi connectivity index (χ0v) is 11.5. The number of hydrogen-bond acceptors (Lipinski definition) is 6. The van der Waals surface area contributed by atoms with Crippen LogP contribution in [-0.2, 0) is 11.2 Å². The monoisotopic (exact) mass is 296 g/mol. The van der Waals surface area contributed by atoms with Crippen molar-refractivity contribution in [2.24, 2.45) is 0 Å². The Morgan fingerprint density at radius 3 is 2.29 bits per heavy atom. The first-order valence-corrected chi connectivity index (χ1v) is 6.45. The highest BCUT2D eigenvalue weighted by atomic mass is 16.4. The first-order valence-electron chi connectivity index (χ1n) is 6.45. The molecule has 0 spiro atoms. The molecule has 0 aliphatic rings. The lowest BCUT2D eigenvalue weighted by atomic mass is 9.84. The Balaban J connectivity index is 2.92. The fourth-order valence-corrected chi connectivity index (χ4v) is 1.90.